The molecule has 1 heterocycles. The predicted molar refractivity (Wildman–Crippen MR) is 79.7 cm³/mol. The molecule has 0 bridgehead atoms. The molecule has 1 fully saturated rings. The predicted octanol–water partition coefficient (Wildman–Crippen LogP) is 2.95. The Morgan fingerprint density at radius 3 is 2.90 bits per heavy atom. The number of aliphatic hydroxyl groups excluding tert-OH is 1. The molecule has 2 N–H and O–H groups in total. The van der Waals surface area contributed by atoms with Crippen LogP contribution in [0.1, 0.15) is 31.9 Å². The maximum Gasteiger partial charge on any atom is 0.317 e. The number of hydrogen-bond acceptors (Lipinski definition) is 2. The highest BCUT2D eigenvalue weighted by Gasteiger charge is 2.28. The standard InChI is InChI=1S/C15H20ClFN2O2/c1-9-6-7-19(8-13(9)20)15(21)18-10(2)14-11(16)4-3-5-12(14)17/h3-5,9-10,13,20H,6-8H2,1-2H3,(H,18,21). The van der Waals surface area contributed by atoms with Crippen LogP contribution in [-0.4, -0.2) is 35.2 Å². The lowest BCUT2D eigenvalue weighted by Crippen LogP contribution is -2.50. The van der Waals surface area contributed by atoms with E-state index in [4.69, 9.17) is 11.6 Å². The summed E-state index contributed by atoms with van der Waals surface area (Å²) in [6.07, 6.45) is 0.237. The Morgan fingerprint density at radius 2 is 2.29 bits per heavy atom. The molecule has 21 heavy (non-hydrogen) atoms. The number of piperidine rings is 1. The minimum Gasteiger partial charge on any atom is -0.391 e. The fourth-order valence-electron chi connectivity index (χ4n) is 2.51. The summed E-state index contributed by atoms with van der Waals surface area (Å²) in [6.45, 7) is 4.53. The van der Waals surface area contributed by atoms with Gasteiger partial charge in [-0.15, -0.1) is 0 Å². The van der Waals surface area contributed by atoms with Gasteiger partial charge in [-0.1, -0.05) is 24.6 Å². The highest BCUT2D eigenvalue weighted by molar-refractivity contribution is 6.31. The molecule has 2 amide bonds. The van der Waals surface area contributed by atoms with Crippen molar-refractivity contribution in [2.24, 2.45) is 5.92 Å². The van der Waals surface area contributed by atoms with Gasteiger partial charge in [0.15, 0.2) is 0 Å². The number of carbonyl (C=O) groups is 1. The lowest BCUT2D eigenvalue weighted by molar-refractivity contribution is 0.0431. The number of likely N-dealkylation sites (tertiary alicyclic amines) is 1. The normalized spacial score (nSPS) is 23.8. The van der Waals surface area contributed by atoms with Crippen molar-refractivity contribution in [1.82, 2.24) is 10.2 Å². The Bertz CT molecular complexity index is 506. The van der Waals surface area contributed by atoms with Gasteiger partial charge in [-0.25, -0.2) is 9.18 Å². The third-order valence-corrected chi connectivity index (χ3v) is 4.31. The first-order valence-corrected chi connectivity index (χ1v) is 7.45. The molecular formula is C15H20ClFN2O2. The van der Waals surface area contributed by atoms with E-state index < -0.39 is 18.0 Å². The van der Waals surface area contributed by atoms with Crippen LogP contribution in [0.2, 0.25) is 5.02 Å². The number of amides is 2. The molecule has 0 radical (unpaired) electrons. The van der Waals surface area contributed by atoms with Crippen molar-refractivity contribution in [2.45, 2.75) is 32.4 Å². The highest BCUT2D eigenvalue weighted by atomic mass is 35.5. The van der Waals surface area contributed by atoms with Crippen LogP contribution in [-0.2, 0) is 0 Å². The SMILES string of the molecule is CC(NC(=O)N1CCC(C)C(O)C1)c1c(F)cccc1Cl. The van der Waals surface area contributed by atoms with E-state index in [1.54, 1.807) is 17.9 Å². The average Bonchev–Trinajstić information content (AvgIpc) is 2.41. The van der Waals surface area contributed by atoms with Crippen LogP contribution in [0.3, 0.4) is 0 Å². The monoisotopic (exact) mass is 314 g/mol. The lowest BCUT2D eigenvalue weighted by atomic mass is 9.96. The molecule has 1 aliphatic rings. The van der Waals surface area contributed by atoms with Crippen LogP contribution in [0.25, 0.3) is 0 Å². The Balaban J connectivity index is 2.02. The average molecular weight is 315 g/mol. The van der Waals surface area contributed by atoms with E-state index in [2.05, 4.69) is 5.32 Å². The molecule has 1 aromatic rings. The van der Waals surface area contributed by atoms with Crippen molar-refractivity contribution < 1.29 is 14.3 Å². The van der Waals surface area contributed by atoms with Gasteiger partial charge in [-0.2, -0.15) is 0 Å². The van der Waals surface area contributed by atoms with Crippen molar-refractivity contribution in [1.29, 1.82) is 0 Å². The number of hydrogen-bond donors (Lipinski definition) is 2. The lowest BCUT2D eigenvalue weighted by Gasteiger charge is -2.35. The molecule has 6 heteroatoms. The van der Waals surface area contributed by atoms with Crippen molar-refractivity contribution in [3.05, 3.63) is 34.6 Å². The van der Waals surface area contributed by atoms with E-state index >= 15 is 0 Å². The molecule has 116 valence electrons. The smallest absolute Gasteiger partial charge is 0.317 e. The van der Waals surface area contributed by atoms with E-state index in [0.717, 1.165) is 6.42 Å². The van der Waals surface area contributed by atoms with Gasteiger partial charge >= 0.3 is 6.03 Å². The molecule has 0 spiro atoms. The number of benzene rings is 1. The maximum absolute atomic E-state index is 13.8. The van der Waals surface area contributed by atoms with Crippen molar-refractivity contribution >= 4 is 17.6 Å². The van der Waals surface area contributed by atoms with Crippen molar-refractivity contribution in [3.63, 3.8) is 0 Å². The fraction of sp³-hybridized carbons (Fsp3) is 0.533. The zero-order chi connectivity index (χ0) is 15.6. The van der Waals surface area contributed by atoms with E-state index in [-0.39, 0.29) is 22.5 Å². The van der Waals surface area contributed by atoms with Gasteiger partial charge in [-0.05, 0) is 31.4 Å². The molecule has 1 aromatic carbocycles. The summed E-state index contributed by atoms with van der Waals surface area (Å²) in [5.41, 5.74) is 0.276. The van der Waals surface area contributed by atoms with E-state index in [0.29, 0.717) is 13.1 Å². The third kappa shape index (κ3) is 3.66. The van der Waals surface area contributed by atoms with Crippen LogP contribution in [0.5, 0.6) is 0 Å². The van der Waals surface area contributed by atoms with Gasteiger partial charge in [0.25, 0.3) is 0 Å². The van der Waals surface area contributed by atoms with Crippen molar-refractivity contribution in [3.8, 4) is 0 Å². The van der Waals surface area contributed by atoms with Crippen LogP contribution < -0.4 is 5.32 Å². The van der Waals surface area contributed by atoms with E-state index in [1.807, 2.05) is 6.92 Å². The molecule has 1 saturated heterocycles. The highest BCUT2D eigenvalue weighted by Crippen LogP contribution is 2.26. The quantitative estimate of drug-likeness (QED) is 0.882. The molecule has 2 rings (SSSR count). The number of halogens is 2. The summed E-state index contributed by atoms with van der Waals surface area (Å²) >= 11 is 5.99. The maximum atomic E-state index is 13.8. The van der Waals surface area contributed by atoms with E-state index in [1.165, 1.54) is 12.1 Å². The van der Waals surface area contributed by atoms with Gasteiger partial charge in [-0.3, -0.25) is 0 Å². The van der Waals surface area contributed by atoms with Gasteiger partial charge < -0.3 is 15.3 Å². The summed E-state index contributed by atoms with van der Waals surface area (Å²) in [6, 6.07) is 3.58. The molecule has 0 aliphatic carbocycles. The topological polar surface area (TPSA) is 52.6 Å². The fourth-order valence-corrected chi connectivity index (χ4v) is 2.83. The van der Waals surface area contributed by atoms with Crippen LogP contribution in [0.4, 0.5) is 9.18 Å². The van der Waals surface area contributed by atoms with Crippen molar-refractivity contribution in [2.75, 3.05) is 13.1 Å². The molecule has 0 aromatic heterocycles. The zero-order valence-corrected chi connectivity index (χ0v) is 12.9. The van der Waals surface area contributed by atoms with E-state index in [9.17, 15) is 14.3 Å². The third-order valence-electron chi connectivity index (χ3n) is 3.98. The van der Waals surface area contributed by atoms with Gasteiger partial charge in [0.1, 0.15) is 5.82 Å². The van der Waals surface area contributed by atoms with Gasteiger partial charge in [0, 0.05) is 23.7 Å². The Hall–Kier alpha value is -1.33. The number of aliphatic hydroxyl groups is 1. The number of urea groups is 1. The van der Waals surface area contributed by atoms with Crippen LogP contribution in [0.15, 0.2) is 18.2 Å². The van der Waals surface area contributed by atoms with Crippen LogP contribution in [0, 0.1) is 11.7 Å². The molecule has 0 saturated carbocycles. The number of rotatable bonds is 2. The number of β-amino-alcohol motifs (C(OH)–C–C–N with tert-alkyl or cyclic N) is 1. The largest absolute Gasteiger partial charge is 0.391 e. The molecule has 4 nitrogen and oxygen atoms in total. The second kappa shape index (κ2) is 6.62. The Labute approximate surface area is 128 Å². The second-order valence-electron chi connectivity index (χ2n) is 5.59. The number of carbonyl (C=O) groups excluding carboxylic acids is 1. The first-order chi connectivity index (χ1) is 9.90. The summed E-state index contributed by atoms with van der Waals surface area (Å²) in [5, 5.41) is 12.9. The number of nitrogens with one attached hydrogen (secondary N) is 1. The van der Waals surface area contributed by atoms with Crippen LogP contribution >= 0.6 is 11.6 Å². The van der Waals surface area contributed by atoms with Gasteiger partial charge in [0.05, 0.1) is 12.1 Å². The summed E-state index contributed by atoms with van der Waals surface area (Å²) in [4.78, 5) is 13.7. The Kier molecular flexibility index (Phi) is 5.06. The first-order valence-electron chi connectivity index (χ1n) is 7.07. The molecule has 3 unspecified atom stereocenters. The molecule has 3 atom stereocenters. The molecule has 1 aliphatic heterocycles. The summed E-state index contributed by atoms with van der Waals surface area (Å²) in [7, 11) is 0. The summed E-state index contributed by atoms with van der Waals surface area (Å²) < 4.78 is 13.8. The minimum atomic E-state index is -0.539. The van der Waals surface area contributed by atoms with Gasteiger partial charge in [0.2, 0.25) is 0 Å². The minimum absolute atomic E-state index is 0.187. The number of nitrogens with zero attached hydrogens (tertiary/aromatic N) is 1. The molecular weight excluding hydrogens is 295 g/mol. The zero-order valence-electron chi connectivity index (χ0n) is 12.1. The Morgan fingerprint density at radius 1 is 1.57 bits per heavy atom. The second-order valence-corrected chi connectivity index (χ2v) is 5.99. The summed E-state index contributed by atoms with van der Waals surface area (Å²) in [5.74, 6) is -0.255. The first kappa shape index (κ1) is 16.0.